The van der Waals surface area contributed by atoms with Gasteiger partial charge in [-0.15, -0.1) is 0 Å². The standard InChI is InChI=1S/C14H13F3N2O7/c1-24-12(20)6-9(13(21)25-2)18-8-3-4-11(10(5-8)19(22)23)26-7-14(15,16)17/h3-6,18H,7H2,1-2H3/b9-6+. The molecule has 0 amide bonds. The molecule has 0 atom stereocenters. The van der Waals surface area contributed by atoms with Crippen molar-refractivity contribution in [2.24, 2.45) is 0 Å². The molecule has 0 fully saturated rings. The van der Waals surface area contributed by atoms with Crippen molar-refractivity contribution < 1.29 is 41.9 Å². The summed E-state index contributed by atoms with van der Waals surface area (Å²) in [6, 6.07) is 2.87. The van der Waals surface area contributed by atoms with Gasteiger partial charge in [-0.1, -0.05) is 0 Å². The third kappa shape index (κ3) is 6.30. The number of ether oxygens (including phenoxy) is 3. The van der Waals surface area contributed by atoms with Crippen molar-refractivity contribution in [3.63, 3.8) is 0 Å². The maximum Gasteiger partial charge on any atom is 0.422 e. The number of esters is 2. The summed E-state index contributed by atoms with van der Waals surface area (Å²) in [7, 11) is 2.09. The summed E-state index contributed by atoms with van der Waals surface area (Å²) >= 11 is 0. The summed E-state index contributed by atoms with van der Waals surface area (Å²) in [5.74, 6) is -2.50. The van der Waals surface area contributed by atoms with E-state index in [1.807, 2.05) is 0 Å². The lowest BCUT2D eigenvalue weighted by atomic mass is 10.2. The molecule has 0 spiro atoms. The summed E-state index contributed by atoms with van der Waals surface area (Å²) in [4.78, 5) is 33.0. The third-order valence-electron chi connectivity index (χ3n) is 2.69. The molecule has 12 heteroatoms. The number of halogens is 3. The van der Waals surface area contributed by atoms with E-state index in [9.17, 15) is 32.9 Å². The highest BCUT2D eigenvalue weighted by Crippen LogP contribution is 2.32. The summed E-state index contributed by atoms with van der Waals surface area (Å²) in [6.07, 6.45) is -3.93. The molecular weight excluding hydrogens is 365 g/mol. The molecule has 0 heterocycles. The van der Waals surface area contributed by atoms with E-state index in [0.29, 0.717) is 0 Å². The molecule has 0 radical (unpaired) electrons. The molecular formula is C14H13F3N2O7. The molecule has 142 valence electrons. The van der Waals surface area contributed by atoms with Gasteiger partial charge >= 0.3 is 23.8 Å². The normalized spacial score (nSPS) is 11.5. The number of carbonyl (C=O) groups excluding carboxylic acids is 2. The number of rotatable bonds is 7. The molecule has 0 saturated carbocycles. The Hall–Kier alpha value is -3.31. The maximum atomic E-state index is 12.2. The van der Waals surface area contributed by atoms with E-state index in [1.165, 1.54) is 0 Å². The summed E-state index contributed by atoms with van der Waals surface area (Å²) in [5, 5.41) is 13.4. The van der Waals surface area contributed by atoms with E-state index in [-0.39, 0.29) is 5.69 Å². The fourth-order valence-corrected chi connectivity index (χ4v) is 1.61. The first-order valence-corrected chi connectivity index (χ1v) is 6.70. The minimum absolute atomic E-state index is 0.0726. The van der Waals surface area contributed by atoms with Crippen LogP contribution < -0.4 is 10.1 Å². The number of nitrogens with zero attached hydrogens (tertiary/aromatic N) is 1. The molecule has 26 heavy (non-hydrogen) atoms. The van der Waals surface area contributed by atoms with Crippen LogP contribution in [0.1, 0.15) is 0 Å². The van der Waals surface area contributed by atoms with Gasteiger partial charge in [0.1, 0.15) is 5.70 Å². The number of methoxy groups -OCH3 is 2. The highest BCUT2D eigenvalue weighted by molar-refractivity contribution is 5.98. The molecule has 0 aliphatic rings. The molecule has 0 saturated heterocycles. The average Bonchev–Trinajstić information content (AvgIpc) is 2.58. The number of nitro groups is 1. The molecule has 0 bridgehead atoms. The van der Waals surface area contributed by atoms with Crippen LogP contribution in [-0.4, -0.2) is 43.9 Å². The van der Waals surface area contributed by atoms with Crippen LogP contribution in [0.15, 0.2) is 30.0 Å². The topological polar surface area (TPSA) is 117 Å². The second-order valence-corrected chi connectivity index (χ2v) is 4.54. The van der Waals surface area contributed by atoms with Crippen LogP contribution >= 0.6 is 0 Å². The van der Waals surface area contributed by atoms with Crippen molar-refractivity contribution in [1.29, 1.82) is 0 Å². The fraction of sp³-hybridized carbons (Fsp3) is 0.286. The predicted molar refractivity (Wildman–Crippen MR) is 80.4 cm³/mol. The first kappa shape index (κ1) is 20.7. The van der Waals surface area contributed by atoms with E-state index in [1.54, 1.807) is 0 Å². The van der Waals surface area contributed by atoms with Crippen LogP contribution in [0.2, 0.25) is 0 Å². The summed E-state index contributed by atoms with van der Waals surface area (Å²) in [5.41, 5.74) is -1.25. The quantitative estimate of drug-likeness (QED) is 0.332. The highest BCUT2D eigenvalue weighted by atomic mass is 19.4. The van der Waals surface area contributed by atoms with Crippen LogP contribution in [-0.2, 0) is 19.1 Å². The van der Waals surface area contributed by atoms with Crippen molar-refractivity contribution in [3.8, 4) is 5.75 Å². The predicted octanol–water partition coefficient (Wildman–Crippen LogP) is 2.18. The van der Waals surface area contributed by atoms with E-state index < -0.39 is 46.8 Å². The number of nitrogens with one attached hydrogen (secondary N) is 1. The Labute approximate surface area is 144 Å². The van der Waals surface area contributed by atoms with Gasteiger partial charge in [0.2, 0.25) is 0 Å². The van der Waals surface area contributed by atoms with E-state index in [0.717, 1.165) is 38.5 Å². The lowest BCUT2D eigenvalue weighted by Crippen LogP contribution is -2.19. The monoisotopic (exact) mass is 378 g/mol. The minimum atomic E-state index is -4.67. The smallest absolute Gasteiger partial charge is 0.422 e. The third-order valence-corrected chi connectivity index (χ3v) is 2.69. The van der Waals surface area contributed by atoms with Gasteiger partial charge in [0.05, 0.1) is 25.2 Å². The Morgan fingerprint density at radius 2 is 1.92 bits per heavy atom. The van der Waals surface area contributed by atoms with Crippen LogP contribution in [0.25, 0.3) is 0 Å². The van der Waals surface area contributed by atoms with Crippen molar-refractivity contribution in [2.45, 2.75) is 6.18 Å². The molecule has 0 aliphatic carbocycles. The first-order chi connectivity index (χ1) is 12.1. The van der Waals surface area contributed by atoms with E-state index in [2.05, 4.69) is 19.5 Å². The van der Waals surface area contributed by atoms with Crippen molar-refractivity contribution in [3.05, 3.63) is 40.1 Å². The Bertz CT molecular complexity index is 732. The molecule has 1 aromatic rings. The first-order valence-electron chi connectivity index (χ1n) is 6.70. The van der Waals surface area contributed by atoms with Crippen molar-refractivity contribution in [1.82, 2.24) is 0 Å². The highest BCUT2D eigenvalue weighted by Gasteiger charge is 2.30. The molecule has 1 N–H and O–H groups in total. The molecule has 1 rings (SSSR count). The Morgan fingerprint density at radius 3 is 2.42 bits per heavy atom. The molecule has 0 aromatic heterocycles. The summed E-state index contributed by atoms with van der Waals surface area (Å²) < 4.78 is 49.8. The van der Waals surface area contributed by atoms with E-state index in [4.69, 9.17) is 0 Å². The number of nitro benzene ring substituents is 1. The number of carbonyl (C=O) groups is 2. The van der Waals surface area contributed by atoms with Gasteiger partial charge in [0.25, 0.3) is 0 Å². The zero-order valence-electron chi connectivity index (χ0n) is 13.5. The molecule has 0 unspecified atom stereocenters. The van der Waals surface area contributed by atoms with Crippen molar-refractivity contribution >= 4 is 23.3 Å². The Morgan fingerprint density at radius 1 is 1.27 bits per heavy atom. The van der Waals surface area contributed by atoms with E-state index >= 15 is 0 Å². The SMILES string of the molecule is COC(=O)/C=C(/Nc1ccc(OCC(F)(F)F)c([N+](=O)[O-])c1)C(=O)OC. The summed E-state index contributed by atoms with van der Waals surface area (Å²) in [6.45, 7) is -1.71. The number of alkyl halides is 3. The van der Waals surface area contributed by atoms with Gasteiger partial charge in [0.15, 0.2) is 12.4 Å². The second kappa shape index (κ2) is 8.69. The zero-order chi connectivity index (χ0) is 19.9. The van der Waals surface area contributed by atoms with Gasteiger partial charge in [-0.05, 0) is 12.1 Å². The Kier molecular flexibility index (Phi) is 6.93. The molecule has 0 aliphatic heterocycles. The van der Waals surface area contributed by atoms with Gasteiger partial charge in [-0.2, -0.15) is 13.2 Å². The van der Waals surface area contributed by atoms with Gasteiger partial charge in [-0.3, -0.25) is 10.1 Å². The number of benzene rings is 1. The van der Waals surface area contributed by atoms with Gasteiger partial charge in [0, 0.05) is 11.8 Å². The fourth-order valence-electron chi connectivity index (χ4n) is 1.61. The van der Waals surface area contributed by atoms with Crippen molar-refractivity contribution in [2.75, 3.05) is 26.1 Å². The largest absolute Gasteiger partial charge is 0.477 e. The average molecular weight is 378 g/mol. The molecule has 1 aromatic carbocycles. The van der Waals surface area contributed by atoms with Crippen LogP contribution in [0.3, 0.4) is 0 Å². The Balaban J connectivity index is 3.15. The lowest BCUT2D eigenvalue weighted by Gasteiger charge is -2.12. The van der Waals surface area contributed by atoms with Gasteiger partial charge < -0.3 is 19.5 Å². The zero-order valence-corrected chi connectivity index (χ0v) is 13.5. The minimum Gasteiger partial charge on any atom is -0.477 e. The molecule has 9 nitrogen and oxygen atoms in total. The van der Waals surface area contributed by atoms with Crippen LogP contribution in [0, 0.1) is 10.1 Å². The maximum absolute atomic E-state index is 12.2. The number of anilines is 1. The second-order valence-electron chi connectivity index (χ2n) is 4.54. The van der Waals surface area contributed by atoms with Crippen LogP contribution in [0.4, 0.5) is 24.5 Å². The lowest BCUT2D eigenvalue weighted by molar-refractivity contribution is -0.386. The van der Waals surface area contributed by atoms with Crippen LogP contribution in [0.5, 0.6) is 5.75 Å². The number of hydrogen-bond acceptors (Lipinski definition) is 8. The number of hydrogen-bond donors (Lipinski definition) is 1. The van der Waals surface area contributed by atoms with Gasteiger partial charge in [-0.25, -0.2) is 9.59 Å².